The fourth-order valence-electron chi connectivity index (χ4n) is 2.13. The molecule has 1 aromatic heterocycles. The summed E-state index contributed by atoms with van der Waals surface area (Å²) in [5.41, 5.74) is 0. The Morgan fingerprint density at radius 1 is 1.56 bits per heavy atom. The molecule has 0 spiro atoms. The van der Waals surface area contributed by atoms with Crippen LogP contribution in [0.3, 0.4) is 0 Å². The van der Waals surface area contributed by atoms with E-state index in [-0.39, 0.29) is 12.0 Å². The van der Waals surface area contributed by atoms with Crippen LogP contribution in [0.15, 0.2) is 18.7 Å². The van der Waals surface area contributed by atoms with Crippen molar-refractivity contribution >= 4 is 5.97 Å². The summed E-state index contributed by atoms with van der Waals surface area (Å²) in [5.74, 6) is -1.06. The SMILES string of the molecule is O=C(O)C1CNCC(OCCCn2ccnc2)C1. The molecule has 2 unspecified atom stereocenters. The quantitative estimate of drug-likeness (QED) is 0.716. The molecule has 2 N–H and O–H groups in total. The summed E-state index contributed by atoms with van der Waals surface area (Å²) in [6.45, 7) is 2.82. The van der Waals surface area contributed by atoms with Crippen molar-refractivity contribution in [1.29, 1.82) is 0 Å². The molecule has 6 nitrogen and oxygen atoms in total. The maximum Gasteiger partial charge on any atom is 0.307 e. The van der Waals surface area contributed by atoms with Crippen molar-refractivity contribution in [3.63, 3.8) is 0 Å². The Kier molecular flexibility index (Phi) is 4.72. The molecule has 2 rings (SSSR count). The summed E-state index contributed by atoms with van der Waals surface area (Å²) in [4.78, 5) is 14.8. The van der Waals surface area contributed by atoms with E-state index < -0.39 is 5.97 Å². The molecule has 18 heavy (non-hydrogen) atoms. The van der Waals surface area contributed by atoms with Crippen LogP contribution in [0.1, 0.15) is 12.8 Å². The van der Waals surface area contributed by atoms with E-state index in [1.807, 2.05) is 10.8 Å². The van der Waals surface area contributed by atoms with Gasteiger partial charge in [0.1, 0.15) is 0 Å². The number of carboxylic acids is 1. The lowest BCUT2D eigenvalue weighted by molar-refractivity contribution is -0.144. The number of hydrogen-bond donors (Lipinski definition) is 2. The van der Waals surface area contributed by atoms with E-state index in [1.165, 1.54) is 0 Å². The van der Waals surface area contributed by atoms with Gasteiger partial charge in [-0.15, -0.1) is 0 Å². The molecule has 1 aliphatic heterocycles. The van der Waals surface area contributed by atoms with E-state index in [0.29, 0.717) is 19.6 Å². The fraction of sp³-hybridized carbons (Fsp3) is 0.667. The summed E-state index contributed by atoms with van der Waals surface area (Å²) in [5, 5.41) is 12.0. The van der Waals surface area contributed by atoms with Gasteiger partial charge in [0.15, 0.2) is 0 Å². The van der Waals surface area contributed by atoms with E-state index in [1.54, 1.807) is 12.5 Å². The van der Waals surface area contributed by atoms with Crippen LogP contribution in [-0.4, -0.2) is 46.4 Å². The molecule has 1 aliphatic rings. The Balaban J connectivity index is 1.62. The minimum atomic E-state index is -0.741. The van der Waals surface area contributed by atoms with Gasteiger partial charge in [0.25, 0.3) is 0 Å². The highest BCUT2D eigenvalue weighted by Gasteiger charge is 2.26. The molecule has 1 aromatic rings. The predicted octanol–water partition coefficient (Wildman–Crippen LogP) is 0.352. The second-order valence-corrected chi connectivity index (χ2v) is 4.58. The Bertz CT molecular complexity index is 367. The molecular weight excluding hydrogens is 234 g/mol. The van der Waals surface area contributed by atoms with Crippen molar-refractivity contribution < 1.29 is 14.6 Å². The highest BCUT2D eigenvalue weighted by Crippen LogP contribution is 2.14. The second kappa shape index (κ2) is 6.51. The first kappa shape index (κ1) is 13.0. The molecule has 1 fully saturated rings. The number of piperidine rings is 1. The highest BCUT2D eigenvalue weighted by atomic mass is 16.5. The van der Waals surface area contributed by atoms with Crippen LogP contribution < -0.4 is 5.32 Å². The van der Waals surface area contributed by atoms with Gasteiger partial charge in [-0.1, -0.05) is 0 Å². The first-order valence-corrected chi connectivity index (χ1v) is 6.26. The summed E-state index contributed by atoms with van der Waals surface area (Å²) in [7, 11) is 0. The zero-order valence-electron chi connectivity index (χ0n) is 10.3. The second-order valence-electron chi connectivity index (χ2n) is 4.58. The van der Waals surface area contributed by atoms with Crippen LogP contribution in [0.25, 0.3) is 0 Å². The number of aromatic nitrogens is 2. The van der Waals surface area contributed by atoms with Gasteiger partial charge in [0, 0.05) is 38.6 Å². The average Bonchev–Trinajstić information content (AvgIpc) is 2.88. The van der Waals surface area contributed by atoms with Crippen molar-refractivity contribution in [1.82, 2.24) is 14.9 Å². The molecule has 2 atom stereocenters. The van der Waals surface area contributed by atoms with Crippen LogP contribution in [0.4, 0.5) is 0 Å². The monoisotopic (exact) mass is 253 g/mol. The number of imidazole rings is 1. The van der Waals surface area contributed by atoms with Crippen molar-refractivity contribution in [2.75, 3.05) is 19.7 Å². The van der Waals surface area contributed by atoms with Gasteiger partial charge in [0.05, 0.1) is 18.3 Å². The minimum Gasteiger partial charge on any atom is -0.481 e. The Morgan fingerprint density at radius 2 is 2.44 bits per heavy atom. The molecule has 0 amide bonds. The van der Waals surface area contributed by atoms with Gasteiger partial charge in [-0.25, -0.2) is 4.98 Å². The van der Waals surface area contributed by atoms with Crippen LogP contribution in [0.2, 0.25) is 0 Å². The maximum absolute atomic E-state index is 10.9. The van der Waals surface area contributed by atoms with Crippen LogP contribution in [0, 0.1) is 5.92 Å². The number of nitrogens with zero attached hydrogens (tertiary/aromatic N) is 2. The van der Waals surface area contributed by atoms with E-state index in [9.17, 15) is 4.79 Å². The zero-order valence-corrected chi connectivity index (χ0v) is 10.3. The summed E-state index contributed by atoms with van der Waals surface area (Å²) < 4.78 is 7.70. The molecule has 6 heteroatoms. The van der Waals surface area contributed by atoms with Gasteiger partial charge < -0.3 is 19.7 Å². The molecular formula is C12H19N3O3. The van der Waals surface area contributed by atoms with Crippen molar-refractivity contribution in [2.45, 2.75) is 25.5 Å². The van der Waals surface area contributed by atoms with Crippen molar-refractivity contribution in [3.05, 3.63) is 18.7 Å². The summed E-state index contributed by atoms with van der Waals surface area (Å²) in [6, 6.07) is 0. The Hall–Kier alpha value is -1.40. The minimum absolute atomic E-state index is 0.0163. The lowest BCUT2D eigenvalue weighted by atomic mass is 9.98. The summed E-state index contributed by atoms with van der Waals surface area (Å²) >= 11 is 0. The Morgan fingerprint density at radius 3 is 3.17 bits per heavy atom. The molecule has 1 saturated heterocycles. The van der Waals surface area contributed by atoms with Crippen LogP contribution >= 0.6 is 0 Å². The lowest BCUT2D eigenvalue weighted by Gasteiger charge is -2.27. The molecule has 0 saturated carbocycles. The normalized spacial score (nSPS) is 24.0. The standard InChI is InChI=1S/C12H19N3O3/c16-12(17)10-6-11(8-14-7-10)18-5-1-3-15-4-2-13-9-15/h2,4,9-11,14H,1,3,5-8H2,(H,16,17). The molecule has 0 aromatic carbocycles. The predicted molar refractivity (Wildman–Crippen MR) is 65.2 cm³/mol. The third-order valence-electron chi connectivity index (χ3n) is 3.13. The molecule has 0 radical (unpaired) electrons. The Labute approximate surface area is 106 Å². The maximum atomic E-state index is 10.9. The number of carboxylic acid groups (broad SMARTS) is 1. The summed E-state index contributed by atoms with van der Waals surface area (Å²) in [6.07, 6.45) is 6.98. The number of ether oxygens (including phenoxy) is 1. The van der Waals surface area contributed by atoms with Crippen LogP contribution in [0.5, 0.6) is 0 Å². The van der Waals surface area contributed by atoms with Gasteiger partial charge >= 0.3 is 5.97 Å². The third-order valence-corrected chi connectivity index (χ3v) is 3.13. The van der Waals surface area contributed by atoms with Gasteiger partial charge in [-0.05, 0) is 12.8 Å². The topological polar surface area (TPSA) is 76.4 Å². The fourth-order valence-corrected chi connectivity index (χ4v) is 2.13. The van der Waals surface area contributed by atoms with Gasteiger partial charge in [-0.2, -0.15) is 0 Å². The van der Waals surface area contributed by atoms with E-state index >= 15 is 0 Å². The number of hydrogen-bond acceptors (Lipinski definition) is 4. The largest absolute Gasteiger partial charge is 0.481 e. The molecule has 2 heterocycles. The number of aryl methyl sites for hydroxylation is 1. The van der Waals surface area contributed by atoms with Crippen molar-refractivity contribution in [2.24, 2.45) is 5.92 Å². The van der Waals surface area contributed by atoms with Crippen molar-refractivity contribution in [3.8, 4) is 0 Å². The van der Waals surface area contributed by atoms with Gasteiger partial charge in [0.2, 0.25) is 0 Å². The first-order valence-electron chi connectivity index (χ1n) is 6.26. The number of rotatable bonds is 6. The number of aliphatic carboxylic acids is 1. The van der Waals surface area contributed by atoms with E-state index in [4.69, 9.17) is 9.84 Å². The smallest absolute Gasteiger partial charge is 0.307 e. The van der Waals surface area contributed by atoms with Gasteiger partial charge in [-0.3, -0.25) is 4.79 Å². The lowest BCUT2D eigenvalue weighted by Crippen LogP contribution is -2.43. The van der Waals surface area contributed by atoms with E-state index in [0.717, 1.165) is 19.5 Å². The first-order chi connectivity index (χ1) is 8.75. The van der Waals surface area contributed by atoms with Crippen LogP contribution in [-0.2, 0) is 16.1 Å². The molecule has 100 valence electrons. The third kappa shape index (κ3) is 3.82. The highest BCUT2D eigenvalue weighted by molar-refractivity contribution is 5.70. The average molecular weight is 253 g/mol. The molecule has 0 bridgehead atoms. The zero-order chi connectivity index (χ0) is 12.8. The molecule has 0 aliphatic carbocycles. The van der Waals surface area contributed by atoms with E-state index in [2.05, 4.69) is 10.3 Å². The number of nitrogens with one attached hydrogen (secondary N) is 1. The number of carbonyl (C=O) groups is 1.